The molecule has 0 N–H and O–H groups in total. The van der Waals surface area contributed by atoms with Crippen LogP contribution < -0.4 is 0 Å². The molecule has 3 rings (SSSR count). The van der Waals surface area contributed by atoms with Gasteiger partial charge < -0.3 is 0 Å². The number of alkyl halides is 1. The van der Waals surface area contributed by atoms with Crippen LogP contribution in [0, 0.1) is 13.8 Å². The Kier molecular flexibility index (Phi) is 6.81. The molecule has 3 heteroatoms. The molecule has 0 bridgehead atoms. The number of aliphatic imine (C=N–C) groups is 1. The van der Waals surface area contributed by atoms with Gasteiger partial charge in [0.25, 0.3) is 0 Å². The van der Waals surface area contributed by atoms with Gasteiger partial charge in [0.15, 0.2) is 0 Å². The van der Waals surface area contributed by atoms with Crippen molar-refractivity contribution in [2.75, 3.05) is 0 Å². The van der Waals surface area contributed by atoms with Gasteiger partial charge in [-0.1, -0.05) is 43.7 Å². The molecule has 1 unspecified atom stereocenters. The molecule has 1 aliphatic rings. The number of halogens is 1. The summed E-state index contributed by atoms with van der Waals surface area (Å²) in [4.78, 5) is 9.23. The minimum absolute atomic E-state index is 0.413. The van der Waals surface area contributed by atoms with E-state index in [1.807, 2.05) is 30.5 Å². The SMILES string of the molecule is CCC/C=C(/N=C(C)c1ccc(C2=CCC(C)(F)C=C2)c(C)c1C)c1cccnc1. The maximum absolute atomic E-state index is 14.1. The molecule has 156 valence electrons. The fraction of sp³-hybridized carbons (Fsp3) is 0.333. The summed E-state index contributed by atoms with van der Waals surface area (Å²) in [5.41, 5.74) is 7.53. The summed E-state index contributed by atoms with van der Waals surface area (Å²) in [7, 11) is 0. The van der Waals surface area contributed by atoms with Crippen molar-refractivity contribution in [2.24, 2.45) is 4.99 Å². The Bertz CT molecular complexity index is 1020. The summed E-state index contributed by atoms with van der Waals surface area (Å²) in [5.74, 6) is 0. The second-order valence-corrected chi connectivity index (χ2v) is 8.20. The number of hydrogen-bond donors (Lipinski definition) is 0. The summed E-state index contributed by atoms with van der Waals surface area (Å²) in [6.45, 7) is 10.1. The predicted molar refractivity (Wildman–Crippen MR) is 126 cm³/mol. The Morgan fingerprint density at radius 1 is 1.23 bits per heavy atom. The van der Waals surface area contributed by atoms with Gasteiger partial charge >= 0.3 is 0 Å². The molecule has 1 aromatic heterocycles. The number of aromatic nitrogens is 1. The third kappa shape index (κ3) is 5.02. The molecule has 1 heterocycles. The summed E-state index contributed by atoms with van der Waals surface area (Å²) < 4.78 is 14.1. The highest BCUT2D eigenvalue weighted by Gasteiger charge is 2.22. The molecular formula is C27H31FN2. The fourth-order valence-corrected chi connectivity index (χ4v) is 3.70. The lowest BCUT2D eigenvalue weighted by molar-refractivity contribution is 0.260. The van der Waals surface area contributed by atoms with Gasteiger partial charge in [-0.25, -0.2) is 4.39 Å². The van der Waals surface area contributed by atoms with E-state index in [1.54, 1.807) is 19.2 Å². The zero-order valence-corrected chi connectivity index (χ0v) is 18.7. The second kappa shape index (κ2) is 9.34. The molecule has 1 aromatic carbocycles. The van der Waals surface area contributed by atoms with Crippen LogP contribution in [-0.2, 0) is 0 Å². The van der Waals surface area contributed by atoms with Gasteiger partial charge in [-0.3, -0.25) is 9.98 Å². The normalized spacial score (nSPS) is 19.7. The highest BCUT2D eigenvalue weighted by atomic mass is 19.1. The molecule has 2 nitrogen and oxygen atoms in total. The first-order valence-electron chi connectivity index (χ1n) is 10.7. The van der Waals surface area contributed by atoms with Crippen molar-refractivity contribution in [1.29, 1.82) is 0 Å². The van der Waals surface area contributed by atoms with Crippen molar-refractivity contribution < 1.29 is 4.39 Å². The van der Waals surface area contributed by atoms with Gasteiger partial charge in [-0.05, 0) is 80.2 Å². The summed E-state index contributed by atoms with van der Waals surface area (Å²) in [6.07, 6.45) is 13.9. The number of nitrogens with zero attached hydrogens (tertiary/aromatic N) is 2. The lowest BCUT2D eigenvalue weighted by Crippen LogP contribution is -2.15. The van der Waals surface area contributed by atoms with Gasteiger partial charge in [0.1, 0.15) is 5.67 Å². The van der Waals surface area contributed by atoms with E-state index in [0.29, 0.717) is 6.42 Å². The Labute approximate surface area is 180 Å². The number of benzene rings is 1. The molecule has 1 atom stereocenters. The fourth-order valence-electron chi connectivity index (χ4n) is 3.70. The largest absolute Gasteiger partial charge is 0.264 e. The average Bonchev–Trinajstić information content (AvgIpc) is 2.74. The maximum Gasteiger partial charge on any atom is 0.130 e. The molecule has 1 aliphatic carbocycles. The van der Waals surface area contributed by atoms with Gasteiger partial charge in [0.05, 0.1) is 5.70 Å². The van der Waals surface area contributed by atoms with E-state index in [1.165, 1.54) is 11.1 Å². The van der Waals surface area contributed by atoms with Crippen molar-refractivity contribution in [3.05, 3.63) is 88.8 Å². The van der Waals surface area contributed by atoms with Crippen LogP contribution in [0.25, 0.3) is 11.3 Å². The quantitative estimate of drug-likeness (QED) is 0.461. The lowest BCUT2D eigenvalue weighted by atomic mass is 9.87. The van der Waals surface area contributed by atoms with E-state index in [4.69, 9.17) is 4.99 Å². The number of unbranched alkanes of at least 4 members (excludes halogenated alkanes) is 1. The first-order chi connectivity index (χ1) is 14.3. The van der Waals surface area contributed by atoms with Crippen LogP contribution in [0.15, 0.2) is 66.0 Å². The highest BCUT2D eigenvalue weighted by Crippen LogP contribution is 2.32. The molecule has 0 aliphatic heterocycles. The minimum atomic E-state index is -1.25. The van der Waals surface area contributed by atoms with Crippen LogP contribution in [0.4, 0.5) is 4.39 Å². The van der Waals surface area contributed by atoms with Gasteiger partial charge in [-0.15, -0.1) is 0 Å². The van der Waals surface area contributed by atoms with Crippen LogP contribution >= 0.6 is 0 Å². The smallest absolute Gasteiger partial charge is 0.130 e. The van der Waals surface area contributed by atoms with Crippen molar-refractivity contribution >= 4 is 17.0 Å². The standard InChI is InChI=1S/C27H31FN2/c1-6-7-10-26(23-9-8-17-29-18-23)30-21(4)24-11-12-25(20(3)19(24)2)22-13-15-27(5,28)16-14-22/h8-15,17-18H,6-7,16H2,1-5H3/b26-10+,30-21?. The zero-order chi connectivity index (χ0) is 21.7. The summed E-state index contributed by atoms with van der Waals surface area (Å²) >= 11 is 0. The Morgan fingerprint density at radius 3 is 2.67 bits per heavy atom. The van der Waals surface area contributed by atoms with E-state index in [9.17, 15) is 4.39 Å². The number of allylic oxidation sites excluding steroid dienone is 5. The topological polar surface area (TPSA) is 25.2 Å². The van der Waals surface area contributed by atoms with Gasteiger partial charge in [-0.2, -0.15) is 0 Å². The molecule has 2 aromatic rings. The lowest BCUT2D eigenvalue weighted by Gasteiger charge is -2.21. The van der Waals surface area contributed by atoms with Gasteiger partial charge in [0.2, 0.25) is 0 Å². The van der Waals surface area contributed by atoms with E-state index in [2.05, 4.69) is 50.9 Å². The Morgan fingerprint density at radius 2 is 2.03 bits per heavy atom. The van der Waals surface area contributed by atoms with Crippen LogP contribution in [0.2, 0.25) is 0 Å². The van der Waals surface area contributed by atoms with Gasteiger partial charge in [0, 0.05) is 30.1 Å². The molecule has 0 saturated carbocycles. The highest BCUT2D eigenvalue weighted by molar-refractivity contribution is 6.03. The summed E-state index contributed by atoms with van der Waals surface area (Å²) in [5, 5.41) is 0. The number of hydrogen-bond acceptors (Lipinski definition) is 2. The predicted octanol–water partition coefficient (Wildman–Crippen LogP) is 7.42. The molecular weight excluding hydrogens is 371 g/mol. The average molecular weight is 403 g/mol. The molecule has 0 radical (unpaired) electrons. The second-order valence-electron chi connectivity index (χ2n) is 8.20. The molecule has 0 amide bonds. The van der Waals surface area contributed by atoms with Crippen molar-refractivity contribution in [3.63, 3.8) is 0 Å². The first-order valence-corrected chi connectivity index (χ1v) is 10.7. The Balaban J connectivity index is 1.96. The first kappa shape index (κ1) is 21.9. The molecule has 0 spiro atoms. The number of pyridine rings is 1. The van der Waals surface area contributed by atoms with Crippen LogP contribution in [0.3, 0.4) is 0 Å². The molecule has 0 saturated heterocycles. The number of rotatable bonds is 6. The van der Waals surface area contributed by atoms with Crippen LogP contribution in [0.1, 0.15) is 67.9 Å². The molecule has 30 heavy (non-hydrogen) atoms. The van der Waals surface area contributed by atoms with E-state index in [0.717, 1.165) is 46.5 Å². The van der Waals surface area contributed by atoms with E-state index in [-0.39, 0.29) is 0 Å². The van der Waals surface area contributed by atoms with Crippen molar-refractivity contribution in [2.45, 2.75) is 59.5 Å². The van der Waals surface area contributed by atoms with Crippen molar-refractivity contribution in [3.8, 4) is 0 Å². The monoisotopic (exact) mass is 402 g/mol. The maximum atomic E-state index is 14.1. The third-order valence-electron chi connectivity index (χ3n) is 5.69. The zero-order valence-electron chi connectivity index (χ0n) is 18.7. The van der Waals surface area contributed by atoms with E-state index < -0.39 is 5.67 Å². The van der Waals surface area contributed by atoms with Crippen LogP contribution in [-0.4, -0.2) is 16.4 Å². The summed E-state index contributed by atoms with van der Waals surface area (Å²) in [6, 6.07) is 8.26. The Hall–Kier alpha value is -2.81. The van der Waals surface area contributed by atoms with E-state index >= 15 is 0 Å². The van der Waals surface area contributed by atoms with Crippen LogP contribution in [0.5, 0.6) is 0 Å². The minimum Gasteiger partial charge on any atom is -0.264 e. The third-order valence-corrected chi connectivity index (χ3v) is 5.69. The van der Waals surface area contributed by atoms with Crippen molar-refractivity contribution in [1.82, 2.24) is 4.98 Å². The molecule has 0 fully saturated rings.